The second-order valence-electron chi connectivity index (χ2n) is 6.89. The highest BCUT2D eigenvalue weighted by atomic mass is 19.4. The molecular weight excluding hydrogens is 462 g/mol. The van der Waals surface area contributed by atoms with Crippen molar-refractivity contribution in [2.75, 3.05) is 5.43 Å². The standard InChI is InChI=1S/C23H16F6N4O/c24-22(25,26)18-5-1-3-15(11-18)13-30-32-20-9-7-17(8-10-20)21(34)33-31-14-16-4-2-6-19(12-16)23(27,28)29/h1-14,32H,(H,33,34). The van der Waals surface area contributed by atoms with Gasteiger partial charge in [-0.2, -0.15) is 36.5 Å². The maximum atomic E-state index is 12.7. The molecule has 0 radical (unpaired) electrons. The summed E-state index contributed by atoms with van der Waals surface area (Å²) < 4.78 is 76.4. The summed E-state index contributed by atoms with van der Waals surface area (Å²) in [5, 5.41) is 7.53. The number of hydrogen-bond acceptors (Lipinski definition) is 4. The quantitative estimate of drug-likeness (QED) is 0.262. The smallest absolute Gasteiger partial charge is 0.279 e. The van der Waals surface area contributed by atoms with Crippen molar-refractivity contribution in [1.82, 2.24) is 5.43 Å². The minimum Gasteiger partial charge on any atom is -0.279 e. The number of hydrazone groups is 2. The number of hydrogen-bond donors (Lipinski definition) is 2. The first-order valence-corrected chi connectivity index (χ1v) is 9.59. The average Bonchev–Trinajstić information content (AvgIpc) is 2.79. The fourth-order valence-corrected chi connectivity index (χ4v) is 2.70. The van der Waals surface area contributed by atoms with E-state index in [4.69, 9.17) is 0 Å². The normalized spacial score (nSPS) is 12.3. The van der Waals surface area contributed by atoms with Crippen LogP contribution in [0.5, 0.6) is 0 Å². The number of anilines is 1. The van der Waals surface area contributed by atoms with E-state index >= 15 is 0 Å². The molecule has 3 aromatic carbocycles. The maximum Gasteiger partial charge on any atom is 0.416 e. The lowest BCUT2D eigenvalue weighted by atomic mass is 10.1. The molecule has 0 aliphatic heterocycles. The molecule has 0 aromatic heterocycles. The van der Waals surface area contributed by atoms with Crippen molar-refractivity contribution in [3.63, 3.8) is 0 Å². The van der Waals surface area contributed by atoms with Crippen molar-refractivity contribution in [2.24, 2.45) is 10.2 Å². The Labute approximate surface area is 189 Å². The van der Waals surface area contributed by atoms with E-state index in [0.717, 1.165) is 30.5 Å². The highest BCUT2D eigenvalue weighted by Gasteiger charge is 2.30. The first-order chi connectivity index (χ1) is 16.0. The summed E-state index contributed by atoms with van der Waals surface area (Å²) in [6, 6.07) is 15.0. The SMILES string of the molecule is O=C(NN=Cc1cccc(C(F)(F)F)c1)c1ccc(NN=Cc2cccc(C(F)(F)F)c2)cc1. The fourth-order valence-electron chi connectivity index (χ4n) is 2.70. The van der Waals surface area contributed by atoms with Gasteiger partial charge in [-0.15, -0.1) is 0 Å². The second-order valence-corrected chi connectivity index (χ2v) is 6.89. The lowest BCUT2D eigenvalue weighted by Gasteiger charge is -2.07. The van der Waals surface area contributed by atoms with E-state index in [1.807, 2.05) is 0 Å². The van der Waals surface area contributed by atoms with Gasteiger partial charge in [-0.3, -0.25) is 10.2 Å². The average molecular weight is 478 g/mol. The van der Waals surface area contributed by atoms with E-state index in [1.165, 1.54) is 54.7 Å². The third kappa shape index (κ3) is 6.92. The van der Waals surface area contributed by atoms with Crippen LogP contribution in [-0.4, -0.2) is 18.3 Å². The van der Waals surface area contributed by atoms with Gasteiger partial charge in [0.25, 0.3) is 5.91 Å². The molecule has 34 heavy (non-hydrogen) atoms. The number of benzene rings is 3. The van der Waals surface area contributed by atoms with Crippen molar-refractivity contribution in [2.45, 2.75) is 12.4 Å². The van der Waals surface area contributed by atoms with Crippen LogP contribution in [0, 0.1) is 0 Å². The third-order valence-corrected chi connectivity index (χ3v) is 4.36. The molecule has 3 rings (SSSR count). The Bertz CT molecular complexity index is 1200. The molecule has 0 fully saturated rings. The third-order valence-electron chi connectivity index (χ3n) is 4.36. The van der Waals surface area contributed by atoms with Gasteiger partial charge in [0.2, 0.25) is 0 Å². The van der Waals surface area contributed by atoms with E-state index in [1.54, 1.807) is 0 Å². The van der Waals surface area contributed by atoms with Crippen LogP contribution in [0.4, 0.5) is 32.0 Å². The highest BCUT2D eigenvalue weighted by Crippen LogP contribution is 2.30. The first kappa shape index (κ1) is 24.5. The van der Waals surface area contributed by atoms with Crippen molar-refractivity contribution in [1.29, 1.82) is 0 Å². The highest BCUT2D eigenvalue weighted by molar-refractivity contribution is 5.95. The molecule has 176 valence electrons. The van der Waals surface area contributed by atoms with Crippen LogP contribution in [0.1, 0.15) is 32.6 Å². The van der Waals surface area contributed by atoms with Gasteiger partial charge in [0.15, 0.2) is 0 Å². The van der Waals surface area contributed by atoms with Gasteiger partial charge in [0, 0.05) is 5.56 Å². The monoisotopic (exact) mass is 478 g/mol. The van der Waals surface area contributed by atoms with Crippen molar-refractivity contribution in [3.8, 4) is 0 Å². The lowest BCUT2D eigenvalue weighted by molar-refractivity contribution is -0.138. The van der Waals surface area contributed by atoms with Crippen molar-refractivity contribution < 1.29 is 31.1 Å². The molecule has 0 aliphatic carbocycles. The molecule has 0 saturated heterocycles. The topological polar surface area (TPSA) is 65.8 Å². The Kier molecular flexibility index (Phi) is 7.34. The van der Waals surface area contributed by atoms with Crippen molar-refractivity contribution in [3.05, 3.63) is 101 Å². The predicted octanol–water partition coefficient (Wildman–Crippen LogP) is 5.93. The molecule has 2 N–H and O–H groups in total. The summed E-state index contributed by atoms with van der Waals surface area (Å²) in [7, 11) is 0. The molecule has 0 bridgehead atoms. The molecule has 0 spiro atoms. The molecule has 1 amide bonds. The number of rotatable bonds is 6. The summed E-state index contributed by atoms with van der Waals surface area (Å²) in [6.45, 7) is 0. The van der Waals surface area contributed by atoms with Crippen LogP contribution in [0.15, 0.2) is 83.0 Å². The molecule has 0 saturated carbocycles. The van der Waals surface area contributed by atoms with Gasteiger partial charge < -0.3 is 0 Å². The van der Waals surface area contributed by atoms with Gasteiger partial charge in [-0.1, -0.05) is 24.3 Å². The second kappa shape index (κ2) is 10.2. The van der Waals surface area contributed by atoms with E-state index in [9.17, 15) is 31.1 Å². The predicted molar refractivity (Wildman–Crippen MR) is 116 cm³/mol. The summed E-state index contributed by atoms with van der Waals surface area (Å²) in [5.41, 5.74) is 4.32. The van der Waals surface area contributed by atoms with Gasteiger partial charge in [-0.05, 0) is 59.7 Å². The molecule has 3 aromatic rings. The number of nitrogens with zero attached hydrogens (tertiary/aromatic N) is 2. The van der Waals surface area contributed by atoms with Crippen molar-refractivity contribution >= 4 is 24.0 Å². The van der Waals surface area contributed by atoms with Crippen LogP contribution in [0.3, 0.4) is 0 Å². The summed E-state index contributed by atoms with van der Waals surface area (Å²) in [6.07, 6.45) is -6.63. The molecule has 0 aliphatic rings. The van der Waals surface area contributed by atoms with Gasteiger partial charge in [0.1, 0.15) is 0 Å². The zero-order valence-electron chi connectivity index (χ0n) is 17.2. The number of nitrogens with one attached hydrogen (secondary N) is 2. The van der Waals surface area contributed by atoms with E-state index in [-0.39, 0.29) is 16.7 Å². The Balaban J connectivity index is 1.56. The summed E-state index contributed by atoms with van der Waals surface area (Å²) in [5.74, 6) is -0.595. The first-order valence-electron chi connectivity index (χ1n) is 9.59. The minimum atomic E-state index is -4.49. The molecule has 5 nitrogen and oxygen atoms in total. The Morgan fingerprint density at radius 2 is 1.21 bits per heavy atom. The van der Waals surface area contributed by atoms with Crippen LogP contribution in [0.2, 0.25) is 0 Å². The van der Waals surface area contributed by atoms with Gasteiger partial charge in [-0.25, -0.2) is 5.43 Å². The largest absolute Gasteiger partial charge is 0.416 e. The zero-order chi connectivity index (χ0) is 24.8. The number of halogens is 6. The molecule has 0 unspecified atom stereocenters. The fraction of sp³-hybridized carbons (Fsp3) is 0.0870. The van der Waals surface area contributed by atoms with Crippen LogP contribution >= 0.6 is 0 Å². The zero-order valence-corrected chi connectivity index (χ0v) is 17.2. The summed E-state index contributed by atoms with van der Waals surface area (Å²) in [4.78, 5) is 12.1. The Hall–Kier alpha value is -4.15. The Morgan fingerprint density at radius 1 is 0.706 bits per heavy atom. The molecular formula is C23H16F6N4O. The van der Waals surface area contributed by atoms with Crippen LogP contribution < -0.4 is 10.9 Å². The minimum absolute atomic E-state index is 0.160. The Morgan fingerprint density at radius 3 is 1.71 bits per heavy atom. The number of carbonyl (C=O) groups is 1. The van der Waals surface area contributed by atoms with Crippen LogP contribution in [-0.2, 0) is 12.4 Å². The maximum absolute atomic E-state index is 12.7. The van der Waals surface area contributed by atoms with E-state index < -0.39 is 29.4 Å². The lowest BCUT2D eigenvalue weighted by Crippen LogP contribution is -2.17. The molecule has 0 atom stereocenters. The number of alkyl halides is 6. The number of amides is 1. The molecule has 11 heteroatoms. The molecule has 0 heterocycles. The summed E-state index contributed by atoms with van der Waals surface area (Å²) >= 11 is 0. The van der Waals surface area contributed by atoms with E-state index in [0.29, 0.717) is 5.69 Å². The van der Waals surface area contributed by atoms with E-state index in [2.05, 4.69) is 21.1 Å². The van der Waals surface area contributed by atoms with Gasteiger partial charge in [0.05, 0.1) is 29.2 Å². The number of carbonyl (C=O) groups excluding carboxylic acids is 1. The van der Waals surface area contributed by atoms with Crippen LogP contribution in [0.25, 0.3) is 0 Å². The van der Waals surface area contributed by atoms with Gasteiger partial charge >= 0.3 is 12.4 Å².